The van der Waals surface area contributed by atoms with Gasteiger partial charge >= 0.3 is 0 Å². The van der Waals surface area contributed by atoms with Crippen molar-refractivity contribution in [1.29, 1.82) is 0 Å². The van der Waals surface area contributed by atoms with E-state index in [1.165, 1.54) is 11.1 Å². The van der Waals surface area contributed by atoms with Crippen LogP contribution in [0.1, 0.15) is 59.7 Å². The van der Waals surface area contributed by atoms with Crippen LogP contribution in [0.15, 0.2) is 24.3 Å². The average Bonchev–Trinajstić information content (AvgIpc) is 2.80. The Morgan fingerprint density at radius 3 is 2.48 bits per heavy atom. The molecule has 0 spiro atoms. The summed E-state index contributed by atoms with van der Waals surface area (Å²) < 4.78 is 2.22. The lowest BCUT2D eigenvalue weighted by atomic mass is 10.1. The molecular weight excluding hydrogens is 284 g/mol. The fourth-order valence-corrected chi connectivity index (χ4v) is 3.39. The number of aryl methyl sites for hydroxylation is 3. The van der Waals surface area contributed by atoms with Gasteiger partial charge in [-0.1, -0.05) is 25.1 Å². The van der Waals surface area contributed by atoms with E-state index in [4.69, 9.17) is 0 Å². The van der Waals surface area contributed by atoms with E-state index in [9.17, 15) is 4.79 Å². The molecule has 3 heteroatoms. The van der Waals surface area contributed by atoms with Crippen molar-refractivity contribution < 1.29 is 4.79 Å². The minimum absolute atomic E-state index is 0.148. The molecule has 0 radical (unpaired) electrons. The van der Waals surface area contributed by atoms with Gasteiger partial charge in [-0.05, 0) is 58.2 Å². The fraction of sp³-hybridized carbons (Fsp3) is 0.450. The summed E-state index contributed by atoms with van der Waals surface area (Å²) in [6.07, 6.45) is 0.958. The molecule has 0 aliphatic carbocycles. The van der Waals surface area contributed by atoms with Crippen LogP contribution in [-0.2, 0) is 6.42 Å². The molecule has 0 aliphatic heterocycles. The summed E-state index contributed by atoms with van der Waals surface area (Å²) in [5.74, 6) is 0.148. The van der Waals surface area contributed by atoms with E-state index < -0.39 is 0 Å². The molecule has 0 bridgehead atoms. The van der Waals surface area contributed by atoms with Crippen LogP contribution < -0.4 is 5.32 Å². The third-order valence-corrected chi connectivity index (χ3v) is 4.47. The zero-order valence-corrected chi connectivity index (χ0v) is 15.2. The van der Waals surface area contributed by atoms with E-state index in [1.54, 1.807) is 0 Å². The van der Waals surface area contributed by atoms with E-state index in [1.807, 2.05) is 13.0 Å². The van der Waals surface area contributed by atoms with Crippen molar-refractivity contribution >= 4 is 11.5 Å². The maximum absolute atomic E-state index is 12.7. The minimum Gasteiger partial charge on any atom is -0.377 e. The molecule has 0 aliphatic rings. The van der Waals surface area contributed by atoms with Crippen molar-refractivity contribution in [2.75, 3.05) is 11.9 Å². The quantitative estimate of drug-likeness (QED) is 0.774. The normalized spacial score (nSPS) is 11.1. The minimum atomic E-state index is 0.148. The second kappa shape index (κ2) is 7.03. The highest BCUT2D eigenvalue weighted by atomic mass is 16.1. The zero-order chi connectivity index (χ0) is 17.1. The molecule has 1 N–H and O–H groups in total. The number of hydrogen-bond acceptors (Lipinski definition) is 2. The monoisotopic (exact) mass is 312 g/mol. The van der Waals surface area contributed by atoms with Gasteiger partial charge in [0.15, 0.2) is 5.78 Å². The number of nitrogens with zero attached hydrogens (tertiary/aromatic N) is 1. The molecule has 0 saturated heterocycles. The maximum Gasteiger partial charge on any atom is 0.183 e. The van der Waals surface area contributed by atoms with Gasteiger partial charge in [-0.3, -0.25) is 4.79 Å². The molecule has 1 aromatic heterocycles. The molecule has 23 heavy (non-hydrogen) atoms. The Labute approximate surface area is 139 Å². The zero-order valence-electron chi connectivity index (χ0n) is 15.2. The highest BCUT2D eigenvalue weighted by Gasteiger charge is 2.17. The summed E-state index contributed by atoms with van der Waals surface area (Å²) in [6.45, 7) is 12.9. The number of para-hydroxylation sites is 1. The number of Topliss-reactive ketones (excluding diaryl/α,β-unsaturated/α-hetero) is 1. The van der Waals surface area contributed by atoms with E-state index in [0.29, 0.717) is 12.6 Å². The number of carbonyl (C=O) groups is 1. The number of anilines is 1. The van der Waals surface area contributed by atoms with Crippen molar-refractivity contribution in [2.24, 2.45) is 0 Å². The van der Waals surface area contributed by atoms with Gasteiger partial charge in [-0.25, -0.2) is 0 Å². The topological polar surface area (TPSA) is 34.0 Å². The molecule has 0 amide bonds. The lowest BCUT2D eigenvalue weighted by Crippen LogP contribution is -2.16. The first-order chi connectivity index (χ1) is 10.9. The first-order valence-corrected chi connectivity index (χ1v) is 8.40. The molecule has 0 saturated carbocycles. The number of carbonyl (C=O) groups excluding carboxylic acids is 1. The van der Waals surface area contributed by atoms with Crippen LogP contribution in [0.4, 0.5) is 5.69 Å². The standard InChI is InChI=1S/C20H28N2O/c1-7-17-10-8-9-14(4)20(17)21-12-19(23)18-11-15(5)22(13(2)3)16(18)6/h8-11,13,21H,7,12H2,1-6H3. The first-order valence-electron chi connectivity index (χ1n) is 8.40. The summed E-state index contributed by atoms with van der Waals surface area (Å²) in [4.78, 5) is 12.7. The summed E-state index contributed by atoms with van der Waals surface area (Å²) in [7, 11) is 0. The Morgan fingerprint density at radius 1 is 1.22 bits per heavy atom. The Kier molecular flexibility index (Phi) is 5.30. The summed E-state index contributed by atoms with van der Waals surface area (Å²) >= 11 is 0. The molecule has 3 nitrogen and oxygen atoms in total. The Hall–Kier alpha value is -2.03. The van der Waals surface area contributed by atoms with Crippen LogP contribution in [0.25, 0.3) is 0 Å². The van der Waals surface area contributed by atoms with Crippen LogP contribution in [0, 0.1) is 20.8 Å². The Morgan fingerprint density at radius 2 is 1.91 bits per heavy atom. The van der Waals surface area contributed by atoms with Crippen LogP contribution in [0.2, 0.25) is 0 Å². The van der Waals surface area contributed by atoms with Crippen molar-refractivity contribution in [3.05, 3.63) is 52.3 Å². The average molecular weight is 312 g/mol. The van der Waals surface area contributed by atoms with E-state index in [-0.39, 0.29) is 5.78 Å². The number of nitrogens with one attached hydrogen (secondary N) is 1. The van der Waals surface area contributed by atoms with Gasteiger partial charge < -0.3 is 9.88 Å². The van der Waals surface area contributed by atoms with Gasteiger partial charge in [0.25, 0.3) is 0 Å². The number of aromatic nitrogens is 1. The van der Waals surface area contributed by atoms with Crippen molar-refractivity contribution in [2.45, 2.75) is 54.0 Å². The molecular formula is C20H28N2O. The molecule has 1 aromatic carbocycles. The van der Waals surface area contributed by atoms with Gasteiger partial charge in [-0.15, -0.1) is 0 Å². The third kappa shape index (κ3) is 3.49. The Balaban J connectivity index is 2.20. The molecule has 2 rings (SSSR count). The van der Waals surface area contributed by atoms with Gasteiger partial charge in [0.1, 0.15) is 0 Å². The van der Waals surface area contributed by atoms with Gasteiger partial charge in [0.2, 0.25) is 0 Å². The van der Waals surface area contributed by atoms with E-state index in [0.717, 1.165) is 29.1 Å². The van der Waals surface area contributed by atoms with Crippen LogP contribution >= 0.6 is 0 Å². The summed E-state index contributed by atoms with van der Waals surface area (Å²) in [6, 6.07) is 8.64. The van der Waals surface area contributed by atoms with Gasteiger partial charge in [0.05, 0.1) is 6.54 Å². The highest BCUT2D eigenvalue weighted by Crippen LogP contribution is 2.23. The first kappa shape index (κ1) is 17.3. The van der Waals surface area contributed by atoms with Crippen LogP contribution in [0.5, 0.6) is 0 Å². The molecule has 0 fully saturated rings. The van der Waals surface area contributed by atoms with Crippen LogP contribution in [-0.4, -0.2) is 16.9 Å². The second-order valence-electron chi connectivity index (χ2n) is 6.49. The number of hydrogen-bond donors (Lipinski definition) is 1. The molecule has 0 unspecified atom stereocenters. The number of ketones is 1. The van der Waals surface area contributed by atoms with Crippen molar-refractivity contribution in [3.63, 3.8) is 0 Å². The maximum atomic E-state index is 12.7. The van der Waals surface area contributed by atoms with E-state index in [2.05, 4.69) is 62.7 Å². The molecule has 0 atom stereocenters. The summed E-state index contributed by atoms with van der Waals surface area (Å²) in [5.41, 5.74) is 6.57. The van der Waals surface area contributed by atoms with E-state index >= 15 is 0 Å². The largest absolute Gasteiger partial charge is 0.377 e. The highest BCUT2D eigenvalue weighted by molar-refractivity contribution is 6.00. The predicted molar refractivity (Wildman–Crippen MR) is 97.7 cm³/mol. The third-order valence-electron chi connectivity index (χ3n) is 4.47. The number of benzene rings is 1. The smallest absolute Gasteiger partial charge is 0.183 e. The number of rotatable bonds is 6. The lowest BCUT2D eigenvalue weighted by Gasteiger charge is -2.15. The summed E-state index contributed by atoms with van der Waals surface area (Å²) in [5, 5.41) is 3.36. The molecule has 1 heterocycles. The van der Waals surface area contributed by atoms with Crippen molar-refractivity contribution in [1.82, 2.24) is 4.57 Å². The van der Waals surface area contributed by atoms with Crippen LogP contribution in [0.3, 0.4) is 0 Å². The fourth-order valence-electron chi connectivity index (χ4n) is 3.39. The lowest BCUT2D eigenvalue weighted by molar-refractivity contribution is 0.101. The van der Waals surface area contributed by atoms with Gasteiger partial charge in [0, 0.05) is 28.7 Å². The Bertz CT molecular complexity index is 711. The SMILES string of the molecule is CCc1cccc(C)c1NCC(=O)c1cc(C)n(C(C)C)c1C. The predicted octanol–water partition coefficient (Wildman–Crippen LogP) is 4.85. The van der Waals surface area contributed by atoms with Gasteiger partial charge in [-0.2, -0.15) is 0 Å². The molecule has 124 valence electrons. The second-order valence-corrected chi connectivity index (χ2v) is 6.49. The van der Waals surface area contributed by atoms with Crippen molar-refractivity contribution in [3.8, 4) is 0 Å². The molecule has 2 aromatic rings.